The van der Waals surface area contributed by atoms with Crippen LogP contribution in [0.1, 0.15) is 5.56 Å². The molecule has 0 saturated heterocycles. The van der Waals surface area contributed by atoms with Gasteiger partial charge in [0, 0.05) is 7.05 Å². The van der Waals surface area contributed by atoms with Crippen molar-refractivity contribution in [3.8, 4) is 0 Å². The molecule has 0 amide bonds. The molecule has 1 aromatic heterocycles. The van der Waals surface area contributed by atoms with E-state index in [1.165, 1.54) is 0 Å². The van der Waals surface area contributed by atoms with E-state index in [2.05, 4.69) is 10.3 Å². The van der Waals surface area contributed by atoms with Crippen LogP contribution in [-0.4, -0.2) is 23.4 Å². The minimum atomic E-state index is 0.00563. The number of nitrogens with one attached hydrogen (secondary N) is 1. The van der Waals surface area contributed by atoms with Crippen molar-refractivity contribution < 1.29 is 9.67 Å². The Morgan fingerprint density at radius 3 is 2.85 bits per heavy atom. The number of aromatic nitrogens is 2. The maximum atomic E-state index is 9.04. The molecule has 1 heterocycles. The molecule has 4 nitrogen and oxygen atoms in total. The van der Waals surface area contributed by atoms with Gasteiger partial charge in [-0.2, -0.15) is 0 Å². The highest BCUT2D eigenvalue weighted by atomic mass is 32.2. The monoisotopic (exact) mass is 200 g/mol. The minimum Gasteiger partial charge on any atom is -0.391 e. The van der Waals surface area contributed by atoms with E-state index in [9.17, 15) is 0 Å². The third-order valence-corrected chi connectivity index (χ3v) is 2.59. The Morgan fingerprint density at radius 1 is 1.69 bits per heavy atom. The van der Waals surface area contributed by atoms with Gasteiger partial charge in [-0.15, -0.1) is 4.98 Å². The van der Waals surface area contributed by atoms with Gasteiger partial charge in [-0.3, -0.25) is 0 Å². The van der Waals surface area contributed by atoms with Gasteiger partial charge in [-0.25, -0.2) is 4.57 Å². The van der Waals surface area contributed by atoms with Gasteiger partial charge in [-0.05, 0) is 6.26 Å². The topological polar surface area (TPSA) is 49.0 Å². The molecule has 0 saturated carbocycles. The molecule has 0 aliphatic rings. The molecule has 0 spiro atoms. The van der Waals surface area contributed by atoms with E-state index in [0.717, 1.165) is 16.5 Å². The standard InChI is InChI=1S/C8H13N3OS/c1-9-7-6(5-12)4-10-8(13-3)11(7)2/h4,12H,5H2,1-3H3/p+1. The van der Waals surface area contributed by atoms with Crippen molar-refractivity contribution in [3.05, 3.63) is 11.8 Å². The fourth-order valence-corrected chi connectivity index (χ4v) is 1.75. The van der Waals surface area contributed by atoms with E-state index < -0.39 is 0 Å². The van der Waals surface area contributed by atoms with Gasteiger partial charge in [-0.1, -0.05) is 11.8 Å². The molecule has 5 heteroatoms. The van der Waals surface area contributed by atoms with Crippen LogP contribution < -0.4 is 9.88 Å². The molecule has 0 aliphatic carbocycles. The normalized spacial score (nSPS) is 10.2. The highest BCUT2D eigenvalue weighted by Crippen LogP contribution is 2.12. The van der Waals surface area contributed by atoms with Crippen LogP contribution in [0.5, 0.6) is 0 Å². The average molecular weight is 200 g/mol. The van der Waals surface area contributed by atoms with Crippen molar-refractivity contribution in [2.75, 3.05) is 18.6 Å². The van der Waals surface area contributed by atoms with Gasteiger partial charge in [0.2, 0.25) is 5.82 Å². The number of hydrogen-bond acceptors (Lipinski definition) is 4. The molecule has 0 radical (unpaired) electrons. The summed E-state index contributed by atoms with van der Waals surface area (Å²) in [6.07, 6.45) is 3.66. The molecule has 0 unspecified atom stereocenters. The zero-order valence-corrected chi connectivity index (χ0v) is 8.85. The van der Waals surface area contributed by atoms with E-state index in [4.69, 9.17) is 5.11 Å². The lowest BCUT2D eigenvalue weighted by atomic mass is 10.3. The first-order chi connectivity index (χ1) is 6.24. The van der Waals surface area contributed by atoms with E-state index in [1.807, 2.05) is 24.9 Å². The van der Waals surface area contributed by atoms with Crippen molar-refractivity contribution in [1.29, 1.82) is 0 Å². The van der Waals surface area contributed by atoms with E-state index in [-0.39, 0.29) is 6.61 Å². The summed E-state index contributed by atoms with van der Waals surface area (Å²) in [5, 5.41) is 13.0. The number of nitrogens with zero attached hydrogens (tertiary/aromatic N) is 2. The lowest BCUT2D eigenvalue weighted by Crippen LogP contribution is -2.36. The highest BCUT2D eigenvalue weighted by molar-refractivity contribution is 7.98. The van der Waals surface area contributed by atoms with E-state index in [0.29, 0.717) is 0 Å². The van der Waals surface area contributed by atoms with Crippen molar-refractivity contribution >= 4 is 17.6 Å². The molecule has 0 aliphatic heterocycles. The summed E-state index contributed by atoms with van der Waals surface area (Å²) in [7, 11) is 3.75. The van der Waals surface area contributed by atoms with Crippen LogP contribution in [0.2, 0.25) is 0 Å². The summed E-state index contributed by atoms with van der Waals surface area (Å²) >= 11 is 1.57. The van der Waals surface area contributed by atoms with Crippen molar-refractivity contribution in [2.24, 2.45) is 7.05 Å². The summed E-state index contributed by atoms with van der Waals surface area (Å²) in [6, 6.07) is 0. The second-order valence-corrected chi connectivity index (χ2v) is 3.36. The quantitative estimate of drug-likeness (QED) is 0.414. The highest BCUT2D eigenvalue weighted by Gasteiger charge is 2.14. The zero-order valence-electron chi connectivity index (χ0n) is 8.03. The first-order valence-electron chi connectivity index (χ1n) is 3.95. The second-order valence-electron chi connectivity index (χ2n) is 2.59. The third-order valence-electron chi connectivity index (χ3n) is 1.85. The number of hydrogen-bond donors (Lipinski definition) is 2. The molecule has 0 aromatic carbocycles. The van der Waals surface area contributed by atoms with Gasteiger partial charge < -0.3 is 10.4 Å². The molecular weight excluding hydrogens is 186 g/mol. The van der Waals surface area contributed by atoms with E-state index >= 15 is 0 Å². The predicted molar refractivity (Wildman–Crippen MR) is 52.7 cm³/mol. The Balaban J connectivity index is 3.23. The summed E-state index contributed by atoms with van der Waals surface area (Å²) in [4.78, 5) is 4.20. The van der Waals surface area contributed by atoms with Gasteiger partial charge in [0.05, 0.1) is 19.2 Å². The van der Waals surface area contributed by atoms with Crippen LogP contribution in [0, 0.1) is 0 Å². The number of anilines is 1. The van der Waals surface area contributed by atoms with Crippen LogP contribution in [0.3, 0.4) is 0 Å². The lowest BCUT2D eigenvalue weighted by molar-refractivity contribution is -0.699. The first-order valence-corrected chi connectivity index (χ1v) is 5.17. The fourth-order valence-electron chi connectivity index (χ4n) is 1.23. The smallest absolute Gasteiger partial charge is 0.298 e. The largest absolute Gasteiger partial charge is 0.391 e. The fraction of sp³-hybridized carbons (Fsp3) is 0.500. The molecule has 0 fully saturated rings. The Kier molecular flexibility index (Phi) is 3.50. The van der Waals surface area contributed by atoms with Crippen LogP contribution >= 0.6 is 11.8 Å². The van der Waals surface area contributed by atoms with Gasteiger partial charge in [0.1, 0.15) is 6.20 Å². The summed E-state index contributed by atoms with van der Waals surface area (Å²) in [5.74, 6) is 0.904. The van der Waals surface area contributed by atoms with Crippen LogP contribution in [0.25, 0.3) is 0 Å². The predicted octanol–water partition coefficient (Wildman–Crippen LogP) is 0.162. The molecule has 0 atom stereocenters. The van der Waals surface area contributed by atoms with Crippen LogP contribution in [0.15, 0.2) is 11.4 Å². The Hall–Kier alpha value is -0.810. The SMILES string of the molecule is CNc1c(CO)cnc(SC)[n+]1C. The Bertz CT molecular complexity index is 304. The summed E-state index contributed by atoms with van der Waals surface area (Å²) in [6.45, 7) is 0.00563. The third kappa shape index (κ3) is 1.92. The maximum Gasteiger partial charge on any atom is 0.298 e. The maximum absolute atomic E-state index is 9.04. The number of rotatable bonds is 3. The molecule has 13 heavy (non-hydrogen) atoms. The molecule has 2 N–H and O–H groups in total. The molecule has 1 aromatic rings. The molecule has 72 valence electrons. The molecule has 0 bridgehead atoms. The Labute approximate surface area is 82.0 Å². The molecule has 1 rings (SSSR count). The van der Waals surface area contributed by atoms with Crippen molar-refractivity contribution in [1.82, 2.24) is 4.98 Å². The van der Waals surface area contributed by atoms with Gasteiger partial charge in [0.25, 0.3) is 5.16 Å². The van der Waals surface area contributed by atoms with Crippen molar-refractivity contribution in [2.45, 2.75) is 11.8 Å². The summed E-state index contributed by atoms with van der Waals surface area (Å²) in [5.41, 5.74) is 0.808. The molecular formula is C8H14N3OS+. The minimum absolute atomic E-state index is 0.00563. The average Bonchev–Trinajstić information content (AvgIpc) is 2.17. The number of thioether (sulfide) groups is 1. The van der Waals surface area contributed by atoms with Crippen molar-refractivity contribution in [3.63, 3.8) is 0 Å². The Morgan fingerprint density at radius 2 is 2.38 bits per heavy atom. The van der Waals surface area contributed by atoms with Gasteiger partial charge >= 0.3 is 0 Å². The lowest BCUT2D eigenvalue weighted by Gasteiger charge is -2.06. The van der Waals surface area contributed by atoms with E-state index in [1.54, 1.807) is 18.0 Å². The number of aliphatic hydroxyl groups is 1. The van der Waals surface area contributed by atoms with Crippen LogP contribution in [0.4, 0.5) is 5.82 Å². The number of aliphatic hydroxyl groups excluding tert-OH is 1. The zero-order chi connectivity index (χ0) is 9.84. The summed E-state index contributed by atoms with van der Waals surface area (Å²) < 4.78 is 1.93. The van der Waals surface area contributed by atoms with Gasteiger partial charge in [0.15, 0.2) is 0 Å². The second kappa shape index (κ2) is 4.43. The van der Waals surface area contributed by atoms with Crippen LogP contribution in [-0.2, 0) is 13.7 Å². The first kappa shape index (κ1) is 10.3.